The molecule has 4 amide bonds. The number of nitrogens with two attached hydrogens (primary N) is 3. The summed E-state index contributed by atoms with van der Waals surface area (Å²) in [7, 11) is 6.28. The van der Waals surface area contributed by atoms with Crippen molar-refractivity contribution in [1.82, 2.24) is 35.4 Å². The standard InChI is InChI=1S/C27H32N4O.C22H23NO4.C15H16N2O2S.C14H13NO2S.C11H6BrN3O2S.C8H14N4OS2/c1-4-30(5-2)20-14-12-19(13-15-20)25-22(17-28)27(29)31(21-9-6-8-18(3)16-21)23-10-7-11-24(32)26(23)25;1-17-12-13-19(27-17)16-23(2)22(24)20-10-6-7-11-21(20)26-15-14-25-18-8-4-3-5-9-18;1-4-10-5-7-11(8-6-10)9-12-13(18)16(2)15(20)17(3)14(12)19;1-17-14(16)11-10-7-6-8-4-2-3-5-9(8)12(10)18-13(11)15;12-4-1-2-6-5(3-4)7(9(16)14-6)8-10(17)15-11(13)18-8;1-2-3-4-5-14-8-12-11-7(15-8)9-6-10-13/h6,8-9,12-16,22,25,27H,4-5,7,10-11,29H2,1-3H3;3-13H,14-16H2,1-2H3;5-9H,4H2,1-3H3;2-5H,6-7,15H2,1H3;1-3,17H,(H2,13,15);6,13H,2-5H2,1H3,(H,9,10,11). The zero-order chi connectivity index (χ0) is 93.2. The quantitative estimate of drug-likeness (QED) is 0.00376. The van der Waals surface area contributed by atoms with Crippen molar-refractivity contribution in [1.29, 1.82) is 5.26 Å². The minimum Gasteiger partial charge on any atom is -0.492 e. The van der Waals surface area contributed by atoms with Gasteiger partial charge in [-0.1, -0.05) is 180 Å². The van der Waals surface area contributed by atoms with Crippen molar-refractivity contribution in [3.63, 3.8) is 0 Å². The molecule has 7 aromatic carbocycles. The normalized spacial score (nSPS) is 15.2. The Labute approximate surface area is 785 Å². The van der Waals surface area contributed by atoms with Gasteiger partial charge in [0.25, 0.3) is 23.6 Å². The van der Waals surface area contributed by atoms with Gasteiger partial charge in [-0.15, -0.1) is 21.5 Å². The number of nitriles is 1. The molecule has 0 spiro atoms. The number of thiocarbonyl (C=S) groups is 1. The molecule has 0 saturated carbocycles. The smallest absolute Gasteiger partial charge is 0.341 e. The van der Waals surface area contributed by atoms with Crippen LogP contribution in [0.15, 0.2) is 222 Å². The number of benzene rings is 7. The first-order chi connectivity index (χ1) is 62.7. The van der Waals surface area contributed by atoms with Crippen LogP contribution in [0.3, 0.4) is 0 Å². The lowest BCUT2D eigenvalue weighted by atomic mass is 9.71. The number of carbonyl (C=O) groups is 6. The predicted octanol–water partition coefficient (Wildman–Crippen LogP) is 16.9. The first kappa shape index (κ1) is 98.1. The summed E-state index contributed by atoms with van der Waals surface area (Å²) < 4.78 is 23.5. The van der Waals surface area contributed by atoms with E-state index in [1.807, 2.05) is 133 Å². The van der Waals surface area contributed by atoms with Gasteiger partial charge in [-0.2, -0.15) is 10.2 Å². The summed E-state index contributed by atoms with van der Waals surface area (Å²) in [6.07, 6.45) is 10.9. The Morgan fingerprint density at radius 2 is 1.51 bits per heavy atom. The number of nitrogens with one attached hydrogen (secondary N) is 1. The Hall–Kier alpha value is -12.5. The number of furan rings is 1. The minimum absolute atomic E-state index is 0.122. The van der Waals surface area contributed by atoms with Crippen molar-refractivity contribution in [2.45, 2.75) is 122 Å². The number of aryl methyl sites for hydroxylation is 4. The molecule has 11 aromatic rings. The molecular formula is C97H104BrN15O12S5. The molecule has 1 saturated heterocycles. The molecule has 5 aliphatic rings. The number of hydroxylamine groups is 1. The van der Waals surface area contributed by atoms with E-state index in [1.165, 1.54) is 81.9 Å². The number of esters is 1. The molecule has 9 N–H and O–H groups in total. The lowest BCUT2D eigenvalue weighted by molar-refractivity contribution is -0.132. The van der Waals surface area contributed by atoms with E-state index in [-0.39, 0.29) is 63.0 Å². The van der Waals surface area contributed by atoms with Gasteiger partial charge < -0.3 is 55.6 Å². The van der Waals surface area contributed by atoms with Crippen LogP contribution in [0, 0.1) is 31.1 Å². The summed E-state index contributed by atoms with van der Waals surface area (Å²) in [6, 6.07) is 60.9. The third kappa shape index (κ3) is 24.5. The van der Waals surface area contributed by atoms with Gasteiger partial charge in [0.2, 0.25) is 11.0 Å². The molecule has 676 valence electrons. The number of halogens is 1. The Bertz CT molecular complexity index is 6120. The first-order valence-corrected chi connectivity index (χ1v) is 46.9. The molecule has 4 aromatic heterocycles. The molecule has 7 heterocycles. The van der Waals surface area contributed by atoms with Crippen molar-refractivity contribution in [2.75, 3.05) is 81.6 Å². The van der Waals surface area contributed by atoms with Crippen LogP contribution < -0.4 is 52.5 Å². The number of allylic oxidation sites excluding steroid dienone is 2. The fraction of sp³-hybridized carbons (Fsp3) is 0.289. The second kappa shape index (κ2) is 47.2. The Kier molecular flexibility index (Phi) is 35.6. The number of Topliss-reactive ketones (excluding diaryl/α,β-unsaturated/α-hetero) is 1. The number of amides is 4. The largest absolute Gasteiger partial charge is 0.492 e. The van der Waals surface area contributed by atoms with Crippen LogP contribution in [0.4, 0.5) is 26.6 Å². The van der Waals surface area contributed by atoms with Crippen LogP contribution in [-0.2, 0) is 49.7 Å². The van der Waals surface area contributed by atoms with Crippen molar-refractivity contribution < 1.29 is 57.7 Å². The molecule has 1 fully saturated rings. The molecule has 16 rings (SSSR count). The van der Waals surface area contributed by atoms with E-state index < -0.39 is 12.1 Å². The van der Waals surface area contributed by atoms with E-state index in [2.05, 4.69) is 122 Å². The van der Waals surface area contributed by atoms with Gasteiger partial charge in [0.05, 0.1) is 53.9 Å². The summed E-state index contributed by atoms with van der Waals surface area (Å²) in [4.78, 5) is 95.6. The Morgan fingerprint density at radius 3 is 2.17 bits per heavy atom. The van der Waals surface area contributed by atoms with Crippen LogP contribution in [0.5, 0.6) is 17.4 Å². The van der Waals surface area contributed by atoms with Crippen LogP contribution in [-0.4, -0.2) is 154 Å². The van der Waals surface area contributed by atoms with Gasteiger partial charge in [-0.3, -0.25) is 44.5 Å². The SMILES string of the molecule is CCCCCSc1nnc(N=CNO)s1.CCN(CC)c1ccc(C2C3=C(CCCC3=O)N(c3cccc(C)c3)C(N)C2C#N)cc1.CCc1ccc(C=C2C(=O)N(C)C(=S)N(C)C2=O)cc1.COC(=O)c1c(N)sc2c1CCc1ccccc1-2.Cc1ccc(CN(C)C(=O)c2ccccc2OCCOc2ccccc2)o1.Nc1nc(O)c(C2=c3cc(Br)ccc3=NC2=O)s1. The maximum absolute atomic E-state index is 13.2. The zero-order valence-electron chi connectivity index (χ0n) is 73.9. The summed E-state index contributed by atoms with van der Waals surface area (Å²) in [6.45, 7) is 15.5. The number of rotatable bonds is 24. The maximum Gasteiger partial charge on any atom is 0.341 e. The first-order valence-electron chi connectivity index (χ1n) is 42.3. The lowest BCUT2D eigenvalue weighted by Crippen LogP contribution is -2.54. The number of aromatic hydroxyl groups is 1. The van der Waals surface area contributed by atoms with E-state index in [0.29, 0.717) is 74.2 Å². The minimum atomic E-state index is -0.518. The van der Waals surface area contributed by atoms with Crippen molar-refractivity contribution in [2.24, 2.45) is 21.6 Å². The molecular weight excluding hydrogens is 1810 g/mol. The number of para-hydroxylation sites is 2. The highest BCUT2D eigenvalue weighted by atomic mass is 79.9. The number of unbranched alkanes of at least 4 members (excludes halogenated alkanes) is 2. The highest BCUT2D eigenvalue weighted by Crippen LogP contribution is 2.48. The number of methoxy groups -OCH3 is 1. The van der Waals surface area contributed by atoms with E-state index >= 15 is 0 Å². The third-order valence-corrected chi connectivity index (χ3v) is 26.7. The van der Waals surface area contributed by atoms with Crippen LogP contribution in [0.1, 0.15) is 143 Å². The second-order valence-corrected chi connectivity index (χ2v) is 36.0. The number of thiazole rings is 1. The zero-order valence-corrected chi connectivity index (χ0v) is 79.5. The number of fused-ring (bicyclic) bond motifs is 4. The molecule has 2 aliphatic carbocycles. The Morgan fingerprint density at radius 1 is 0.800 bits per heavy atom. The summed E-state index contributed by atoms with van der Waals surface area (Å²) in [5.74, 6) is 1.51. The third-order valence-electron chi connectivity index (χ3n) is 21.7. The number of hydrogen-bond acceptors (Lipinski definition) is 27. The molecule has 0 bridgehead atoms. The number of thioether (sulfide) groups is 1. The molecule has 0 radical (unpaired) electrons. The van der Waals surface area contributed by atoms with E-state index in [0.717, 1.165) is 138 Å². The summed E-state index contributed by atoms with van der Waals surface area (Å²) in [5.41, 5.74) is 33.2. The van der Waals surface area contributed by atoms with Crippen LogP contribution >= 0.6 is 73.9 Å². The van der Waals surface area contributed by atoms with E-state index in [1.54, 1.807) is 74.2 Å². The molecule has 33 heteroatoms. The predicted molar refractivity (Wildman–Crippen MR) is 521 cm³/mol. The lowest BCUT2D eigenvalue weighted by Gasteiger charge is -2.46. The van der Waals surface area contributed by atoms with Crippen LogP contribution in [0.2, 0.25) is 0 Å². The van der Waals surface area contributed by atoms with Crippen molar-refractivity contribution in [3.8, 4) is 33.9 Å². The number of hydrogen-bond donors (Lipinski definition) is 6. The molecule has 3 aliphatic heterocycles. The van der Waals surface area contributed by atoms with E-state index in [4.69, 9.17) is 53.3 Å². The van der Waals surface area contributed by atoms with Crippen molar-refractivity contribution in [3.05, 3.63) is 275 Å². The van der Waals surface area contributed by atoms with Gasteiger partial charge in [-0.25, -0.2) is 14.8 Å². The number of nitrogens with zero attached hydrogens (tertiary/aromatic N) is 11. The summed E-state index contributed by atoms with van der Waals surface area (Å²) >= 11 is 14.1. The van der Waals surface area contributed by atoms with Gasteiger partial charge in [-0.05, 0) is 202 Å². The highest BCUT2D eigenvalue weighted by Gasteiger charge is 2.46. The number of ether oxygens (including phenoxy) is 3. The molecule has 27 nitrogen and oxygen atoms in total. The number of carbonyl (C=O) groups excluding carboxylic acids is 6. The monoisotopic (exact) mass is 1910 g/mol. The average molecular weight is 1910 g/mol. The van der Waals surface area contributed by atoms with Gasteiger partial charge in [0, 0.05) is 89.5 Å². The molecule has 130 heavy (non-hydrogen) atoms. The number of anilines is 4. The summed E-state index contributed by atoms with van der Waals surface area (Å²) in [5, 5.41) is 38.8. The number of ketones is 1. The topological polar surface area (TPSA) is 377 Å². The number of aromatic nitrogens is 3. The highest BCUT2D eigenvalue weighted by molar-refractivity contribution is 9.10. The van der Waals surface area contributed by atoms with Crippen molar-refractivity contribution >= 4 is 159 Å². The number of nitrogen functional groups attached to an aromatic ring is 2. The molecule has 3 unspecified atom stereocenters. The Balaban J connectivity index is 0.000000154. The van der Waals surface area contributed by atoms with Gasteiger partial charge in [0.1, 0.15) is 58.0 Å². The van der Waals surface area contributed by atoms with Crippen LogP contribution in [0.25, 0.3) is 22.1 Å². The van der Waals surface area contributed by atoms with E-state index in [9.17, 15) is 39.1 Å². The fourth-order valence-corrected chi connectivity index (χ4v) is 19.4. The van der Waals surface area contributed by atoms with Gasteiger partial charge in [0.15, 0.2) is 20.4 Å². The number of likely N-dealkylation sites (N-methyl/N-ethyl adjacent to an activating group) is 2. The number of aliphatic imine (C=N–C) groups is 1. The fourth-order valence-electron chi connectivity index (χ4n) is 15.1. The molecule has 3 atom stereocenters. The average Bonchev–Trinajstić information content (AvgIpc) is 1.08. The van der Waals surface area contributed by atoms with Gasteiger partial charge >= 0.3 is 5.97 Å². The maximum atomic E-state index is 13.2. The second-order valence-electron chi connectivity index (χ2n) is 30.3. The number of thiophene rings is 1.